The van der Waals surface area contributed by atoms with Crippen LogP contribution in [0.1, 0.15) is 25.3 Å². The van der Waals surface area contributed by atoms with Crippen LogP contribution in [-0.4, -0.2) is 20.3 Å². The van der Waals surface area contributed by atoms with Gasteiger partial charge in [0.2, 0.25) is 0 Å². The van der Waals surface area contributed by atoms with Gasteiger partial charge >= 0.3 is 0 Å². The lowest BCUT2D eigenvalue weighted by Gasteiger charge is -2.15. The van der Waals surface area contributed by atoms with E-state index in [-0.39, 0.29) is 6.04 Å². The summed E-state index contributed by atoms with van der Waals surface area (Å²) in [4.78, 5) is 0. The maximum absolute atomic E-state index is 6.30. The normalized spacial score (nSPS) is 11.7. The third kappa shape index (κ3) is 4.05. The Morgan fingerprint density at radius 2 is 2.11 bits per heavy atom. The Kier molecular flexibility index (Phi) is 6.55. The number of benzene rings is 1. The van der Waals surface area contributed by atoms with E-state index in [9.17, 15) is 0 Å². The molecule has 4 heteroatoms. The van der Waals surface area contributed by atoms with E-state index in [1.54, 1.807) is 14.2 Å². The van der Waals surface area contributed by atoms with E-state index >= 15 is 0 Å². The van der Waals surface area contributed by atoms with Crippen LogP contribution in [0.2, 0.25) is 5.02 Å². The van der Waals surface area contributed by atoms with E-state index in [0.717, 1.165) is 18.4 Å². The van der Waals surface area contributed by atoms with Crippen LogP contribution in [0.3, 0.4) is 0 Å². The highest BCUT2D eigenvalue weighted by molar-refractivity contribution is 6.33. The third-order valence-electron chi connectivity index (χ3n) is 2.88. The zero-order valence-corrected chi connectivity index (χ0v) is 12.4. The van der Waals surface area contributed by atoms with Crippen LogP contribution in [0.15, 0.2) is 12.1 Å². The molecule has 0 spiro atoms. The first-order valence-corrected chi connectivity index (χ1v) is 6.64. The largest absolute Gasteiger partial charge is 0.493 e. The van der Waals surface area contributed by atoms with E-state index in [1.807, 2.05) is 12.1 Å². The molecule has 0 saturated carbocycles. The van der Waals surface area contributed by atoms with Gasteiger partial charge in [-0.3, -0.25) is 5.32 Å². The highest BCUT2D eigenvalue weighted by Crippen LogP contribution is 2.37. The summed E-state index contributed by atoms with van der Waals surface area (Å²) in [6.07, 6.45) is 7.46. The number of ether oxygens (including phenoxy) is 2. The van der Waals surface area contributed by atoms with Crippen molar-refractivity contribution in [2.75, 3.05) is 14.2 Å². The Hall–Kier alpha value is -1.37. The molecule has 0 heterocycles. The fourth-order valence-electron chi connectivity index (χ4n) is 1.83. The van der Waals surface area contributed by atoms with E-state index in [4.69, 9.17) is 27.5 Å². The monoisotopic (exact) mass is 281 g/mol. The molecule has 0 fully saturated rings. The number of methoxy groups -OCH3 is 2. The first kappa shape index (κ1) is 15.7. The molecule has 0 bridgehead atoms. The Morgan fingerprint density at radius 1 is 1.37 bits per heavy atom. The molecule has 1 N–H and O–H groups in total. The Bertz CT molecular complexity index is 454. The second kappa shape index (κ2) is 7.93. The van der Waals surface area contributed by atoms with E-state index in [1.165, 1.54) is 0 Å². The molecule has 0 aliphatic rings. The maximum Gasteiger partial charge on any atom is 0.179 e. The van der Waals surface area contributed by atoms with Crippen molar-refractivity contribution in [3.05, 3.63) is 22.7 Å². The van der Waals surface area contributed by atoms with Crippen molar-refractivity contribution >= 4 is 11.6 Å². The summed E-state index contributed by atoms with van der Waals surface area (Å²) >= 11 is 6.30. The first-order valence-electron chi connectivity index (χ1n) is 6.26. The zero-order chi connectivity index (χ0) is 14.3. The summed E-state index contributed by atoms with van der Waals surface area (Å²) in [5, 5.41) is 3.86. The van der Waals surface area contributed by atoms with Gasteiger partial charge in [0.25, 0.3) is 0 Å². The van der Waals surface area contributed by atoms with Gasteiger partial charge in [-0.25, -0.2) is 0 Å². The molecule has 104 valence electrons. The minimum Gasteiger partial charge on any atom is -0.493 e. The van der Waals surface area contributed by atoms with Crippen molar-refractivity contribution in [2.45, 2.75) is 32.4 Å². The van der Waals surface area contributed by atoms with Gasteiger partial charge in [-0.05, 0) is 18.1 Å². The number of terminal acetylenes is 1. The van der Waals surface area contributed by atoms with Crippen molar-refractivity contribution in [3.8, 4) is 23.8 Å². The highest BCUT2D eigenvalue weighted by Gasteiger charge is 2.13. The molecule has 0 aliphatic heterocycles. The number of hydrogen-bond donors (Lipinski definition) is 1. The second-order valence-corrected chi connectivity index (χ2v) is 4.54. The molecule has 3 nitrogen and oxygen atoms in total. The van der Waals surface area contributed by atoms with E-state index < -0.39 is 0 Å². The molecule has 0 saturated heterocycles. The standard InChI is InChI=1S/C15H20ClNO2/c1-5-7-12(6-2)17-10-11-8-9-13(18-3)15(19-4)14(11)16/h2,8-9,12,17H,5,7,10H2,1,3-4H3. The summed E-state index contributed by atoms with van der Waals surface area (Å²) in [5.41, 5.74) is 0.940. The Balaban J connectivity index is 2.82. The highest BCUT2D eigenvalue weighted by atomic mass is 35.5. The van der Waals surface area contributed by atoms with Crippen LogP contribution in [0.5, 0.6) is 11.5 Å². The second-order valence-electron chi connectivity index (χ2n) is 4.16. The van der Waals surface area contributed by atoms with Gasteiger partial charge in [0.15, 0.2) is 11.5 Å². The summed E-state index contributed by atoms with van der Waals surface area (Å²) in [7, 11) is 3.16. The SMILES string of the molecule is C#CC(CCC)NCc1ccc(OC)c(OC)c1Cl. The quantitative estimate of drug-likeness (QED) is 0.778. The minimum absolute atomic E-state index is 0.0640. The van der Waals surface area contributed by atoms with Crippen LogP contribution >= 0.6 is 11.6 Å². The summed E-state index contributed by atoms with van der Waals surface area (Å²) < 4.78 is 10.5. The van der Waals surface area contributed by atoms with Crippen molar-refractivity contribution in [1.82, 2.24) is 5.32 Å². The summed E-state index contributed by atoms with van der Waals surface area (Å²) in [6.45, 7) is 2.71. The molecule has 0 aromatic heterocycles. The Labute approximate surface area is 120 Å². The van der Waals surface area contributed by atoms with Crippen LogP contribution in [-0.2, 0) is 6.54 Å². The van der Waals surface area contributed by atoms with Gasteiger partial charge < -0.3 is 9.47 Å². The minimum atomic E-state index is 0.0640. The molecule has 1 atom stereocenters. The molecular formula is C15H20ClNO2. The van der Waals surface area contributed by atoms with Crippen LogP contribution in [0.4, 0.5) is 0 Å². The van der Waals surface area contributed by atoms with Gasteiger partial charge in [-0.1, -0.05) is 36.9 Å². The van der Waals surface area contributed by atoms with E-state index in [0.29, 0.717) is 23.1 Å². The summed E-state index contributed by atoms with van der Waals surface area (Å²) in [6, 6.07) is 3.82. The van der Waals surface area contributed by atoms with Crippen molar-refractivity contribution < 1.29 is 9.47 Å². The number of hydrogen-bond acceptors (Lipinski definition) is 3. The Morgan fingerprint density at radius 3 is 2.63 bits per heavy atom. The third-order valence-corrected chi connectivity index (χ3v) is 3.30. The molecule has 0 amide bonds. The van der Waals surface area contributed by atoms with Crippen LogP contribution in [0.25, 0.3) is 0 Å². The predicted octanol–water partition coefficient (Wildman–Crippen LogP) is 3.25. The molecule has 19 heavy (non-hydrogen) atoms. The zero-order valence-electron chi connectivity index (χ0n) is 11.6. The van der Waals surface area contributed by atoms with Crippen molar-refractivity contribution in [1.29, 1.82) is 0 Å². The maximum atomic E-state index is 6.30. The lowest BCUT2D eigenvalue weighted by molar-refractivity contribution is 0.354. The first-order chi connectivity index (χ1) is 9.17. The molecule has 1 aromatic carbocycles. The van der Waals surface area contributed by atoms with Gasteiger partial charge in [0, 0.05) is 6.54 Å². The summed E-state index contributed by atoms with van der Waals surface area (Å²) in [5.74, 6) is 3.91. The fraction of sp³-hybridized carbons (Fsp3) is 0.467. The molecule has 0 aliphatic carbocycles. The van der Waals surface area contributed by atoms with Gasteiger partial charge in [-0.15, -0.1) is 6.42 Å². The number of rotatable bonds is 7. The topological polar surface area (TPSA) is 30.5 Å². The van der Waals surface area contributed by atoms with Crippen LogP contribution in [0, 0.1) is 12.3 Å². The van der Waals surface area contributed by atoms with Gasteiger partial charge in [0.1, 0.15) is 0 Å². The number of halogens is 1. The molecule has 1 aromatic rings. The van der Waals surface area contributed by atoms with Gasteiger partial charge in [-0.2, -0.15) is 0 Å². The average Bonchev–Trinajstić information content (AvgIpc) is 2.44. The predicted molar refractivity (Wildman–Crippen MR) is 78.9 cm³/mol. The lowest BCUT2D eigenvalue weighted by atomic mass is 10.1. The fourth-order valence-corrected chi connectivity index (χ4v) is 2.13. The van der Waals surface area contributed by atoms with Crippen molar-refractivity contribution in [3.63, 3.8) is 0 Å². The van der Waals surface area contributed by atoms with Crippen LogP contribution < -0.4 is 14.8 Å². The molecule has 1 rings (SSSR count). The van der Waals surface area contributed by atoms with Gasteiger partial charge in [0.05, 0.1) is 25.3 Å². The average molecular weight is 282 g/mol. The molecule has 0 radical (unpaired) electrons. The molecule has 1 unspecified atom stereocenters. The van der Waals surface area contributed by atoms with E-state index in [2.05, 4.69) is 18.2 Å². The number of nitrogens with one attached hydrogen (secondary N) is 1. The lowest BCUT2D eigenvalue weighted by Crippen LogP contribution is -2.26. The van der Waals surface area contributed by atoms with Crippen molar-refractivity contribution in [2.24, 2.45) is 0 Å². The smallest absolute Gasteiger partial charge is 0.179 e. The molecular weight excluding hydrogens is 262 g/mol.